The Bertz CT molecular complexity index is 457. The summed E-state index contributed by atoms with van der Waals surface area (Å²) in [5.41, 5.74) is 6.25. The first kappa shape index (κ1) is 15.4. The lowest BCUT2D eigenvalue weighted by molar-refractivity contribution is 0.220. The van der Waals surface area contributed by atoms with Gasteiger partial charge in [0.25, 0.3) is 0 Å². The Morgan fingerprint density at radius 3 is 2.41 bits per heavy atom. The van der Waals surface area contributed by atoms with E-state index in [0.29, 0.717) is 12.5 Å². The van der Waals surface area contributed by atoms with Gasteiger partial charge in [-0.1, -0.05) is 12.8 Å². The number of nitrogens with zero attached hydrogens (tertiary/aromatic N) is 3. The molecular weight excluding hydrogens is 276 g/mol. The zero-order chi connectivity index (χ0) is 15.2. The summed E-state index contributed by atoms with van der Waals surface area (Å²) in [6, 6.07) is 4.24. The third-order valence-electron chi connectivity index (χ3n) is 4.81. The average Bonchev–Trinajstić information content (AvgIpc) is 3.18. The van der Waals surface area contributed by atoms with Gasteiger partial charge < -0.3 is 15.1 Å². The molecule has 1 aromatic rings. The van der Waals surface area contributed by atoms with Crippen LogP contribution in [-0.4, -0.2) is 48.5 Å². The van der Waals surface area contributed by atoms with Crippen LogP contribution in [0.25, 0.3) is 0 Å². The number of hydrogen-bond acceptors (Lipinski definition) is 3. The Hall–Kier alpha value is -1.49. The van der Waals surface area contributed by atoms with Gasteiger partial charge >= 0.3 is 0 Å². The van der Waals surface area contributed by atoms with Crippen LogP contribution in [0.1, 0.15) is 50.3 Å². The summed E-state index contributed by atoms with van der Waals surface area (Å²) in [5, 5.41) is 0. The molecule has 2 aliphatic heterocycles. The van der Waals surface area contributed by atoms with E-state index >= 15 is 0 Å². The highest BCUT2D eigenvalue weighted by Gasteiger charge is 2.25. The monoisotopic (exact) mass is 304 g/mol. The van der Waals surface area contributed by atoms with Crippen LogP contribution in [0.5, 0.6) is 0 Å². The first-order chi connectivity index (χ1) is 10.8. The number of guanidine groups is 1. The Morgan fingerprint density at radius 1 is 1.09 bits per heavy atom. The summed E-state index contributed by atoms with van der Waals surface area (Å²) >= 11 is 0. The smallest absolute Gasteiger partial charge is 0.191 e. The Labute approximate surface area is 133 Å². The van der Waals surface area contributed by atoms with E-state index in [-0.39, 0.29) is 6.04 Å². The number of nitrogens with two attached hydrogens (primary N) is 1. The lowest BCUT2D eigenvalue weighted by Crippen LogP contribution is -2.39. The third kappa shape index (κ3) is 3.83. The molecule has 2 N–H and O–H groups in total. The Morgan fingerprint density at radius 2 is 1.77 bits per heavy atom. The van der Waals surface area contributed by atoms with E-state index in [1.165, 1.54) is 38.5 Å². The predicted octanol–water partition coefficient (Wildman–Crippen LogP) is 2.61. The van der Waals surface area contributed by atoms with Crippen LogP contribution in [0.2, 0.25) is 0 Å². The minimum atomic E-state index is 0.225. The van der Waals surface area contributed by atoms with Crippen molar-refractivity contribution in [2.45, 2.75) is 44.6 Å². The number of hydrogen-bond donors (Lipinski definition) is 1. The van der Waals surface area contributed by atoms with Crippen molar-refractivity contribution in [1.29, 1.82) is 0 Å². The van der Waals surface area contributed by atoms with E-state index in [1.54, 1.807) is 6.26 Å². The van der Waals surface area contributed by atoms with Gasteiger partial charge in [-0.3, -0.25) is 9.89 Å². The molecule has 0 bridgehead atoms. The molecule has 2 aliphatic rings. The molecule has 3 heterocycles. The van der Waals surface area contributed by atoms with Crippen LogP contribution in [0.4, 0.5) is 0 Å². The van der Waals surface area contributed by atoms with Crippen molar-refractivity contribution in [3.63, 3.8) is 0 Å². The van der Waals surface area contributed by atoms with Crippen molar-refractivity contribution in [2.75, 3.05) is 32.7 Å². The van der Waals surface area contributed by atoms with Gasteiger partial charge in [0.15, 0.2) is 5.96 Å². The molecule has 1 unspecified atom stereocenters. The Kier molecular flexibility index (Phi) is 5.38. The molecule has 5 nitrogen and oxygen atoms in total. The molecule has 122 valence electrons. The second-order valence-electron chi connectivity index (χ2n) is 6.37. The maximum atomic E-state index is 6.25. The van der Waals surface area contributed by atoms with Crippen LogP contribution < -0.4 is 5.73 Å². The van der Waals surface area contributed by atoms with Crippen LogP contribution >= 0.6 is 0 Å². The standard InChI is InChI=1S/C17H28N4O/c18-17(21-11-3-1-2-4-12-21)19-14-15(16-8-7-13-22-16)20-9-5-6-10-20/h7-8,13,15H,1-6,9-12,14H2,(H2,18,19). The van der Waals surface area contributed by atoms with Gasteiger partial charge in [-0.05, 0) is 50.9 Å². The van der Waals surface area contributed by atoms with E-state index in [0.717, 1.165) is 31.9 Å². The fourth-order valence-corrected chi connectivity index (χ4v) is 3.50. The quantitative estimate of drug-likeness (QED) is 0.686. The number of furan rings is 1. The van der Waals surface area contributed by atoms with Crippen LogP contribution in [0.15, 0.2) is 27.8 Å². The van der Waals surface area contributed by atoms with Crippen molar-refractivity contribution in [1.82, 2.24) is 9.80 Å². The molecule has 2 fully saturated rings. The molecule has 0 spiro atoms. The predicted molar refractivity (Wildman–Crippen MR) is 88.8 cm³/mol. The molecular formula is C17H28N4O. The molecule has 0 aromatic carbocycles. The lowest BCUT2D eigenvalue weighted by atomic mass is 10.2. The van der Waals surface area contributed by atoms with E-state index < -0.39 is 0 Å². The minimum Gasteiger partial charge on any atom is -0.468 e. The summed E-state index contributed by atoms with van der Waals surface area (Å²) < 4.78 is 5.64. The summed E-state index contributed by atoms with van der Waals surface area (Å²) in [4.78, 5) is 9.43. The highest BCUT2D eigenvalue weighted by Crippen LogP contribution is 2.25. The summed E-state index contributed by atoms with van der Waals surface area (Å²) in [6.45, 7) is 5.04. The zero-order valence-electron chi connectivity index (χ0n) is 13.4. The van der Waals surface area contributed by atoms with E-state index in [2.05, 4.69) is 15.9 Å². The fraction of sp³-hybridized carbons (Fsp3) is 0.706. The van der Waals surface area contributed by atoms with Gasteiger partial charge in [-0.25, -0.2) is 0 Å². The lowest BCUT2D eigenvalue weighted by Gasteiger charge is -2.26. The van der Waals surface area contributed by atoms with E-state index in [4.69, 9.17) is 15.1 Å². The summed E-state index contributed by atoms with van der Waals surface area (Å²) in [5.74, 6) is 1.71. The number of rotatable bonds is 4. The van der Waals surface area contributed by atoms with Crippen LogP contribution in [0.3, 0.4) is 0 Å². The maximum Gasteiger partial charge on any atom is 0.191 e. The van der Waals surface area contributed by atoms with Crippen LogP contribution in [0, 0.1) is 0 Å². The first-order valence-corrected chi connectivity index (χ1v) is 8.67. The molecule has 22 heavy (non-hydrogen) atoms. The second kappa shape index (κ2) is 7.68. The second-order valence-corrected chi connectivity index (χ2v) is 6.37. The van der Waals surface area contributed by atoms with Gasteiger partial charge in [0.1, 0.15) is 5.76 Å². The first-order valence-electron chi connectivity index (χ1n) is 8.67. The topological polar surface area (TPSA) is 58.0 Å². The fourth-order valence-electron chi connectivity index (χ4n) is 3.50. The average molecular weight is 304 g/mol. The molecule has 2 saturated heterocycles. The van der Waals surface area contributed by atoms with E-state index in [9.17, 15) is 0 Å². The van der Waals surface area contributed by atoms with Crippen molar-refractivity contribution < 1.29 is 4.42 Å². The minimum absolute atomic E-state index is 0.225. The Balaban J connectivity index is 1.65. The molecule has 0 saturated carbocycles. The number of aliphatic imine (C=N–C) groups is 1. The highest BCUT2D eigenvalue weighted by molar-refractivity contribution is 5.78. The molecule has 0 amide bonds. The highest BCUT2D eigenvalue weighted by atomic mass is 16.3. The summed E-state index contributed by atoms with van der Waals surface area (Å²) in [6.07, 6.45) is 9.36. The molecule has 0 radical (unpaired) electrons. The molecule has 1 aromatic heterocycles. The van der Waals surface area contributed by atoms with Gasteiger partial charge in [0, 0.05) is 13.1 Å². The molecule has 0 aliphatic carbocycles. The zero-order valence-corrected chi connectivity index (χ0v) is 13.4. The third-order valence-corrected chi connectivity index (χ3v) is 4.81. The van der Waals surface area contributed by atoms with E-state index in [1.807, 2.05) is 6.07 Å². The largest absolute Gasteiger partial charge is 0.468 e. The maximum absolute atomic E-state index is 6.25. The molecule has 5 heteroatoms. The van der Waals surface area contributed by atoms with Crippen molar-refractivity contribution >= 4 is 5.96 Å². The number of likely N-dealkylation sites (tertiary alicyclic amines) is 2. The van der Waals surface area contributed by atoms with Crippen molar-refractivity contribution in [2.24, 2.45) is 10.7 Å². The van der Waals surface area contributed by atoms with Crippen LogP contribution in [-0.2, 0) is 0 Å². The molecule has 3 rings (SSSR count). The van der Waals surface area contributed by atoms with Gasteiger partial charge in [0.2, 0.25) is 0 Å². The van der Waals surface area contributed by atoms with Gasteiger partial charge in [-0.2, -0.15) is 0 Å². The van der Waals surface area contributed by atoms with Gasteiger partial charge in [-0.15, -0.1) is 0 Å². The van der Waals surface area contributed by atoms with Crippen molar-refractivity contribution in [3.05, 3.63) is 24.2 Å². The normalized spacial score (nSPS) is 22.7. The van der Waals surface area contributed by atoms with Gasteiger partial charge in [0.05, 0.1) is 18.8 Å². The van der Waals surface area contributed by atoms with Crippen molar-refractivity contribution in [3.8, 4) is 0 Å². The SMILES string of the molecule is NC(=NCC(c1ccco1)N1CCCC1)N1CCCCCC1. The summed E-state index contributed by atoms with van der Waals surface area (Å²) in [7, 11) is 0. The molecule has 1 atom stereocenters.